The zero-order chi connectivity index (χ0) is 8.27. The van der Waals surface area contributed by atoms with Crippen molar-refractivity contribution in [1.29, 1.82) is 0 Å². The summed E-state index contributed by atoms with van der Waals surface area (Å²) in [7, 11) is 0. The molecule has 0 N–H and O–H groups in total. The first-order chi connectivity index (χ1) is 5.24. The zero-order valence-corrected chi connectivity index (χ0v) is 6.34. The van der Waals surface area contributed by atoms with Crippen LogP contribution < -0.4 is 0 Å². The standard InChI is InChI=1S/C6H5NO3S/c8-7(9)5-1-3-6(11-10)4-2-5/h1-3H,4H2. The van der Waals surface area contributed by atoms with Gasteiger partial charge in [0, 0.05) is 17.4 Å². The van der Waals surface area contributed by atoms with Crippen LogP contribution in [0.4, 0.5) is 0 Å². The van der Waals surface area contributed by atoms with Crippen LogP contribution in [-0.4, -0.2) is 14.0 Å². The van der Waals surface area contributed by atoms with Gasteiger partial charge in [-0.05, 0) is 12.2 Å². The molecule has 58 valence electrons. The Bertz CT molecular complexity index is 299. The average Bonchev–Trinajstić information content (AvgIpc) is 2.05. The Morgan fingerprint density at radius 1 is 1.55 bits per heavy atom. The van der Waals surface area contributed by atoms with Gasteiger partial charge < -0.3 is 0 Å². The minimum atomic E-state index is -0.469. The van der Waals surface area contributed by atoms with Crippen molar-refractivity contribution in [3.05, 3.63) is 34.0 Å². The first kappa shape index (κ1) is 7.87. The summed E-state index contributed by atoms with van der Waals surface area (Å²) in [6.07, 6.45) is 4.63. The third kappa shape index (κ3) is 1.84. The van der Waals surface area contributed by atoms with Gasteiger partial charge in [-0.1, -0.05) is 0 Å². The summed E-state index contributed by atoms with van der Waals surface area (Å²) in [6.45, 7) is 0. The summed E-state index contributed by atoms with van der Waals surface area (Å²) in [6, 6.07) is 0. The van der Waals surface area contributed by atoms with E-state index in [1.165, 1.54) is 18.2 Å². The quantitative estimate of drug-likeness (QED) is 0.328. The number of nitro groups is 1. The Balaban J connectivity index is 2.83. The van der Waals surface area contributed by atoms with Gasteiger partial charge in [0.2, 0.25) is 0 Å². The third-order valence-electron chi connectivity index (χ3n) is 1.27. The molecule has 0 aromatic rings. The summed E-state index contributed by atoms with van der Waals surface area (Å²) in [5.41, 5.74) is 0.0581. The van der Waals surface area contributed by atoms with Gasteiger partial charge in [0.05, 0.1) is 16.2 Å². The van der Waals surface area contributed by atoms with E-state index >= 15 is 0 Å². The molecule has 0 radical (unpaired) electrons. The monoisotopic (exact) mass is 171 g/mol. The molecule has 0 aromatic carbocycles. The van der Waals surface area contributed by atoms with Gasteiger partial charge in [-0.3, -0.25) is 10.1 Å². The van der Waals surface area contributed by atoms with E-state index in [1.807, 2.05) is 0 Å². The second kappa shape index (κ2) is 3.25. The lowest BCUT2D eigenvalue weighted by molar-refractivity contribution is -0.419. The largest absolute Gasteiger partial charge is 0.265 e. The molecule has 11 heavy (non-hydrogen) atoms. The van der Waals surface area contributed by atoms with Crippen LogP contribution in [0, 0.1) is 10.1 Å². The van der Waals surface area contributed by atoms with Crippen LogP contribution in [0.15, 0.2) is 23.9 Å². The maximum atomic E-state index is 10.2. The fraction of sp³-hybridized carbons (Fsp3) is 0.167. The van der Waals surface area contributed by atoms with Gasteiger partial charge in [-0.25, -0.2) is 4.21 Å². The highest BCUT2D eigenvalue weighted by atomic mass is 32.1. The molecule has 5 heteroatoms. The van der Waals surface area contributed by atoms with Gasteiger partial charge in [0.25, 0.3) is 5.70 Å². The lowest BCUT2D eigenvalue weighted by Crippen LogP contribution is -2.03. The molecule has 0 aliphatic heterocycles. The molecular weight excluding hydrogens is 166 g/mol. The van der Waals surface area contributed by atoms with Crippen molar-refractivity contribution in [2.24, 2.45) is 0 Å². The number of allylic oxidation sites excluding steroid dienone is 3. The highest BCUT2D eigenvalue weighted by Crippen LogP contribution is 2.06. The highest BCUT2D eigenvalue weighted by molar-refractivity contribution is 7.66. The van der Waals surface area contributed by atoms with Crippen LogP contribution in [0.5, 0.6) is 0 Å². The average molecular weight is 171 g/mol. The van der Waals surface area contributed by atoms with Gasteiger partial charge in [0.15, 0.2) is 0 Å². The van der Waals surface area contributed by atoms with E-state index in [-0.39, 0.29) is 5.70 Å². The van der Waals surface area contributed by atoms with Crippen molar-refractivity contribution in [1.82, 2.24) is 0 Å². The Hall–Kier alpha value is -1.23. The van der Waals surface area contributed by atoms with E-state index in [1.54, 1.807) is 0 Å². The second-order valence-corrected chi connectivity index (χ2v) is 2.66. The number of rotatable bonds is 1. The normalized spacial score (nSPS) is 16.0. The minimum absolute atomic E-state index is 0.0581. The summed E-state index contributed by atoms with van der Waals surface area (Å²) in [5.74, 6) is 0. The van der Waals surface area contributed by atoms with Crippen LogP contribution >= 0.6 is 0 Å². The van der Waals surface area contributed by atoms with Crippen LogP contribution in [0.3, 0.4) is 0 Å². The summed E-state index contributed by atoms with van der Waals surface area (Å²) < 4.78 is 10.2. The van der Waals surface area contributed by atoms with Crippen molar-refractivity contribution in [3.8, 4) is 0 Å². The maximum Gasteiger partial charge on any atom is 0.265 e. The van der Waals surface area contributed by atoms with Gasteiger partial charge in [-0.15, -0.1) is 0 Å². The molecule has 0 bridgehead atoms. The van der Waals surface area contributed by atoms with Gasteiger partial charge in [-0.2, -0.15) is 0 Å². The molecule has 1 aliphatic rings. The molecule has 0 amide bonds. The lowest BCUT2D eigenvalue weighted by atomic mass is 10.1. The van der Waals surface area contributed by atoms with Crippen LogP contribution in [0.1, 0.15) is 6.42 Å². The Morgan fingerprint density at radius 3 is 2.64 bits per heavy atom. The molecule has 0 atom stereocenters. The predicted molar refractivity (Wildman–Crippen MR) is 42.0 cm³/mol. The van der Waals surface area contributed by atoms with E-state index < -0.39 is 4.92 Å². The van der Waals surface area contributed by atoms with Crippen molar-refractivity contribution < 1.29 is 9.13 Å². The Kier molecular flexibility index (Phi) is 2.32. The van der Waals surface area contributed by atoms with Crippen molar-refractivity contribution in [2.75, 3.05) is 0 Å². The second-order valence-electron chi connectivity index (χ2n) is 1.97. The SMILES string of the molecule is O=S=C1C=CC([N+](=O)[O-])=CC1. The molecule has 0 spiro atoms. The van der Waals surface area contributed by atoms with Crippen molar-refractivity contribution >= 4 is 16.1 Å². The first-order valence-electron chi connectivity index (χ1n) is 2.92. The summed E-state index contributed by atoms with van der Waals surface area (Å²) in [4.78, 5) is 10.3. The van der Waals surface area contributed by atoms with Crippen molar-refractivity contribution in [3.63, 3.8) is 0 Å². The third-order valence-corrected chi connectivity index (χ3v) is 1.79. The fourth-order valence-corrected chi connectivity index (χ4v) is 0.992. The van der Waals surface area contributed by atoms with Crippen LogP contribution in [0.2, 0.25) is 0 Å². The van der Waals surface area contributed by atoms with E-state index in [0.717, 1.165) is 0 Å². The first-order valence-corrected chi connectivity index (χ1v) is 3.66. The smallest absolute Gasteiger partial charge is 0.258 e. The Morgan fingerprint density at radius 2 is 2.27 bits per heavy atom. The fourth-order valence-electron chi connectivity index (χ4n) is 0.717. The summed E-state index contributed by atoms with van der Waals surface area (Å²) in [5, 5.41) is 10.1. The zero-order valence-electron chi connectivity index (χ0n) is 5.52. The molecule has 1 rings (SSSR count). The summed E-state index contributed by atoms with van der Waals surface area (Å²) >= 11 is 0.372. The molecule has 0 aromatic heterocycles. The Labute approximate surface area is 66.4 Å². The predicted octanol–water partition coefficient (Wildman–Crippen LogP) is 0.492. The van der Waals surface area contributed by atoms with E-state index in [9.17, 15) is 14.3 Å². The molecule has 0 saturated heterocycles. The topological polar surface area (TPSA) is 60.2 Å². The van der Waals surface area contributed by atoms with E-state index in [0.29, 0.717) is 22.5 Å². The molecule has 0 unspecified atom stereocenters. The number of hydrogen-bond donors (Lipinski definition) is 0. The minimum Gasteiger partial charge on any atom is -0.258 e. The van der Waals surface area contributed by atoms with E-state index in [4.69, 9.17) is 0 Å². The molecule has 0 saturated carbocycles. The maximum absolute atomic E-state index is 10.2. The van der Waals surface area contributed by atoms with Gasteiger partial charge in [0.1, 0.15) is 0 Å². The van der Waals surface area contributed by atoms with Crippen LogP contribution in [-0.2, 0) is 11.3 Å². The molecule has 4 nitrogen and oxygen atoms in total. The number of nitrogens with zero attached hydrogens (tertiary/aromatic N) is 1. The number of hydrogen-bond acceptors (Lipinski definition) is 3. The van der Waals surface area contributed by atoms with Crippen LogP contribution in [0.25, 0.3) is 0 Å². The van der Waals surface area contributed by atoms with Gasteiger partial charge >= 0.3 is 0 Å². The lowest BCUT2D eigenvalue weighted by Gasteiger charge is -1.97. The molecule has 0 heterocycles. The molecular formula is C6H5NO3S. The van der Waals surface area contributed by atoms with Crippen molar-refractivity contribution in [2.45, 2.75) is 6.42 Å². The molecule has 1 aliphatic carbocycles. The van der Waals surface area contributed by atoms with E-state index in [2.05, 4.69) is 0 Å². The molecule has 0 fully saturated rings. The highest BCUT2D eigenvalue weighted by Gasteiger charge is 2.10.